The van der Waals surface area contributed by atoms with Crippen LogP contribution in [0.2, 0.25) is 0 Å². The summed E-state index contributed by atoms with van der Waals surface area (Å²) in [6, 6.07) is 0. The minimum atomic E-state index is 0. The van der Waals surface area contributed by atoms with Crippen molar-refractivity contribution in [3.63, 3.8) is 0 Å². The molecule has 0 aromatic heterocycles. The van der Waals surface area contributed by atoms with Crippen molar-refractivity contribution >= 4 is 0 Å². The summed E-state index contributed by atoms with van der Waals surface area (Å²) in [6.07, 6.45) is 3.72. The van der Waals surface area contributed by atoms with Crippen molar-refractivity contribution in [2.45, 2.75) is 20.8 Å². The molecule has 0 aromatic carbocycles. The summed E-state index contributed by atoms with van der Waals surface area (Å²) in [4.78, 5) is 0. The van der Waals surface area contributed by atoms with E-state index < -0.39 is 0 Å². The Kier molecular flexibility index (Phi) is 18.9. The first-order chi connectivity index (χ1) is 4.63. The fourth-order valence-corrected chi connectivity index (χ4v) is 0.260. The summed E-state index contributed by atoms with van der Waals surface area (Å²) in [7, 11) is 0. The molecule has 1 heteroatoms. The van der Waals surface area contributed by atoms with Gasteiger partial charge in [-0.15, -0.1) is 6.08 Å². The maximum absolute atomic E-state index is 3.67. The molecule has 0 saturated heterocycles. The van der Waals surface area contributed by atoms with Gasteiger partial charge in [-0.25, -0.2) is 5.57 Å². The summed E-state index contributed by atoms with van der Waals surface area (Å²) in [5, 5.41) is 0. The van der Waals surface area contributed by atoms with E-state index in [9.17, 15) is 0 Å². The van der Waals surface area contributed by atoms with E-state index in [0.717, 1.165) is 11.1 Å². The van der Waals surface area contributed by atoms with E-state index >= 15 is 0 Å². The van der Waals surface area contributed by atoms with Crippen molar-refractivity contribution in [3.8, 4) is 0 Å². The zero-order valence-electron chi connectivity index (χ0n) is 7.65. The third-order valence-corrected chi connectivity index (χ3v) is 0.604. The Morgan fingerprint density at radius 1 is 1.18 bits per heavy atom. The Balaban J connectivity index is -0.000000196. The van der Waals surface area contributed by atoms with E-state index in [2.05, 4.69) is 20.1 Å². The van der Waals surface area contributed by atoms with Crippen molar-refractivity contribution in [2.24, 2.45) is 0 Å². The van der Waals surface area contributed by atoms with Gasteiger partial charge in [0.05, 0.1) is 0 Å². The van der Waals surface area contributed by atoms with Crippen molar-refractivity contribution in [3.05, 3.63) is 43.4 Å². The van der Waals surface area contributed by atoms with Crippen LogP contribution in [0.5, 0.6) is 0 Å². The van der Waals surface area contributed by atoms with Crippen LogP contribution in [0.1, 0.15) is 20.8 Å². The number of allylic oxidation sites excluding steroid dienone is 4. The second kappa shape index (κ2) is 12.3. The molecule has 0 rings (SSSR count). The minimum absolute atomic E-state index is 0. The van der Waals surface area contributed by atoms with Gasteiger partial charge < -0.3 is 0 Å². The number of rotatable bonds is 2. The van der Waals surface area contributed by atoms with Gasteiger partial charge in [0, 0.05) is 17.1 Å². The summed E-state index contributed by atoms with van der Waals surface area (Å²) >= 11 is 0. The smallest absolute Gasteiger partial charge is 0 e. The molecule has 1 radical (unpaired) electrons. The van der Waals surface area contributed by atoms with Gasteiger partial charge in [0.25, 0.3) is 0 Å². The van der Waals surface area contributed by atoms with Crippen LogP contribution in [0.3, 0.4) is 0 Å². The second-order valence-electron chi connectivity index (χ2n) is 1.84. The van der Waals surface area contributed by atoms with Crippen LogP contribution in [0.25, 0.3) is 0 Å². The van der Waals surface area contributed by atoms with Gasteiger partial charge in [-0.05, 0) is 6.92 Å². The van der Waals surface area contributed by atoms with Crippen LogP contribution in [-0.2, 0) is 17.1 Å². The molecule has 0 atom stereocenters. The van der Waals surface area contributed by atoms with E-state index in [1.165, 1.54) is 0 Å². The van der Waals surface area contributed by atoms with E-state index in [1.54, 1.807) is 0 Å². The molecule has 0 heterocycles. The van der Waals surface area contributed by atoms with E-state index in [1.807, 2.05) is 32.9 Å². The molecule has 11 heavy (non-hydrogen) atoms. The number of hydrogen-bond donors (Lipinski definition) is 0. The summed E-state index contributed by atoms with van der Waals surface area (Å²) in [5.74, 6) is 0. The van der Waals surface area contributed by atoms with Gasteiger partial charge in [0.1, 0.15) is 0 Å². The Labute approximate surface area is 81.6 Å². The van der Waals surface area contributed by atoms with Gasteiger partial charge in [-0.3, -0.25) is 0 Å². The standard InChI is InChI=1S/C8H11.C2H6.Mn/c1-7(2)5-6-8(3)4;1-2;/h5-6H,1-3H2,4H3;1-2H3;/q-1;;/b6-5-;;. The molecule has 0 amide bonds. The van der Waals surface area contributed by atoms with Crippen LogP contribution >= 0.6 is 0 Å². The molecular formula is C10H17Mn-. The predicted octanol–water partition coefficient (Wildman–Crippen LogP) is 3.53. The van der Waals surface area contributed by atoms with Gasteiger partial charge in [0.2, 0.25) is 0 Å². The maximum atomic E-state index is 3.67. The van der Waals surface area contributed by atoms with Crippen molar-refractivity contribution in [2.75, 3.05) is 0 Å². The predicted molar refractivity (Wildman–Crippen MR) is 49.8 cm³/mol. The average molecular weight is 192 g/mol. The first-order valence-corrected chi connectivity index (χ1v) is 3.47. The molecule has 0 N–H and O–H groups in total. The molecule has 0 aliphatic heterocycles. The van der Waals surface area contributed by atoms with Crippen molar-refractivity contribution in [1.29, 1.82) is 0 Å². The SMILES string of the molecule is C=C([CH2-])/C=C\C(=C)C.CC.[Mn]. The van der Waals surface area contributed by atoms with Gasteiger partial charge in [-0.2, -0.15) is 19.6 Å². The van der Waals surface area contributed by atoms with Crippen molar-refractivity contribution < 1.29 is 17.1 Å². The summed E-state index contributed by atoms with van der Waals surface area (Å²) in [6.45, 7) is 16.8. The van der Waals surface area contributed by atoms with Crippen LogP contribution in [0, 0.1) is 6.92 Å². The molecule has 0 aromatic rings. The second-order valence-corrected chi connectivity index (χ2v) is 1.84. The molecule has 0 spiro atoms. The Hall–Kier alpha value is -0.391. The Morgan fingerprint density at radius 3 is 1.64 bits per heavy atom. The molecule has 0 unspecified atom stereocenters. The van der Waals surface area contributed by atoms with E-state index in [4.69, 9.17) is 0 Å². The quantitative estimate of drug-likeness (QED) is 0.356. The Bertz CT molecular complexity index is 116. The van der Waals surface area contributed by atoms with E-state index in [-0.39, 0.29) is 17.1 Å². The van der Waals surface area contributed by atoms with Crippen molar-refractivity contribution in [1.82, 2.24) is 0 Å². The molecular weight excluding hydrogens is 175 g/mol. The minimum Gasteiger partial charge on any atom is -0.202 e. The van der Waals surface area contributed by atoms with Crippen LogP contribution < -0.4 is 0 Å². The largest absolute Gasteiger partial charge is 0.202 e. The molecule has 0 aliphatic rings. The fraction of sp³-hybridized carbons (Fsp3) is 0.300. The van der Waals surface area contributed by atoms with Crippen LogP contribution in [-0.4, -0.2) is 0 Å². The normalized spacial score (nSPS) is 7.55. The number of hydrogen-bond acceptors (Lipinski definition) is 0. The molecule has 0 saturated carbocycles. The van der Waals surface area contributed by atoms with Gasteiger partial charge in [-0.1, -0.05) is 26.0 Å². The third-order valence-electron chi connectivity index (χ3n) is 0.604. The monoisotopic (exact) mass is 192 g/mol. The first-order valence-electron chi connectivity index (χ1n) is 3.47. The molecule has 0 nitrogen and oxygen atoms in total. The zero-order chi connectivity index (χ0) is 8.57. The molecule has 0 bridgehead atoms. The summed E-state index contributed by atoms with van der Waals surface area (Å²) in [5.41, 5.74) is 1.84. The topological polar surface area (TPSA) is 0 Å². The average Bonchev–Trinajstić information content (AvgIpc) is 1.89. The molecule has 0 aliphatic carbocycles. The van der Waals surface area contributed by atoms with Crippen LogP contribution in [0.4, 0.5) is 0 Å². The molecule has 65 valence electrons. The maximum Gasteiger partial charge on any atom is 0 e. The van der Waals surface area contributed by atoms with E-state index in [0.29, 0.717) is 0 Å². The first kappa shape index (κ1) is 16.9. The van der Waals surface area contributed by atoms with Gasteiger partial charge >= 0.3 is 0 Å². The molecule has 0 fully saturated rings. The van der Waals surface area contributed by atoms with Crippen LogP contribution in [0.15, 0.2) is 36.5 Å². The third kappa shape index (κ3) is 26.2. The zero-order valence-corrected chi connectivity index (χ0v) is 8.83. The Morgan fingerprint density at radius 2 is 1.55 bits per heavy atom. The fourth-order valence-electron chi connectivity index (χ4n) is 0.260. The summed E-state index contributed by atoms with van der Waals surface area (Å²) < 4.78 is 0. The van der Waals surface area contributed by atoms with Gasteiger partial charge in [0.15, 0.2) is 0 Å².